The second-order valence-corrected chi connectivity index (χ2v) is 6.29. The van der Waals surface area contributed by atoms with Crippen molar-refractivity contribution in [3.8, 4) is 0 Å². The molecule has 0 aliphatic rings. The van der Waals surface area contributed by atoms with Gasteiger partial charge >= 0.3 is 0 Å². The van der Waals surface area contributed by atoms with Gasteiger partial charge in [-0.3, -0.25) is 9.78 Å². The number of hydrogen-bond acceptors (Lipinski definition) is 5. The van der Waals surface area contributed by atoms with Crippen molar-refractivity contribution < 1.29 is 4.79 Å². The minimum atomic E-state index is -0.155. The standard InChI is InChI=1S/C18H25N5O/c1-13(2)12-20-18(24)16-11-17(22-14(3)21-16)23(4)10-7-15-5-8-19-9-6-15/h5-6,8-9,11,13H,7,10,12H2,1-4H3,(H,20,24). The zero-order valence-electron chi connectivity index (χ0n) is 14.8. The summed E-state index contributed by atoms with van der Waals surface area (Å²) in [5.41, 5.74) is 1.63. The molecule has 0 aliphatic carbocycles. The van der Waals surface area contributed by atoms with Crippen LogP contribution in [0.15, 0.2) is 30.6 Å². The molecule has 2 aromatic heterocycles. The van der Waals surface area contributed by atoms with E-state index in [9.17, 15) is 4.79 Å². The number of pyridine rings is 1. The van der Waals surface area contributed by atoms with Crippen LogP contribution in [0.5, 0.6) is 0 Å². The van der Waals surface area contributed by atoms with E-state index in [0.717, 1.165) is 18.8 Å². The molecular weight excluding hydrogens is 302 g/mol. The van der Waals surface area contributed by atoms with Gasteiger partial charge in [-0.2, -0.15) is 0 Å². The smallest absolute Gasteiger partial charge is 0.270 e. The molecule has 0 saturated heterocycles. The lowest BCUT2D eigenvalue weighted by Crippen LogP contribution is -2.29. The van der Waals surface area contributed by atoms with Crippen LogP contribution in [0.3, 0.4) is 0 Å². The van der Waals surface area contributed by atoms with Crippen LogP contribution in [0, 0.1) is 12.8 Å². The summed E-state index contributed by atoms with van der Waals surface area (Å²) in [5.74, 6) is 1.60. The van der Waals surface area contributed by atoms with Crippen LogP contribution in [0.4, 0.5) is 5.82 Å². The van der Waals surface area contributed by atoms with E-state index in [0.29, 0.717) is 24.0 Å². The molecule has 0 saturated carbocycles. The van der Waals surface area contributed by atoms with Crippen molar-refractivity contribution in [2.75, 3.05) is 25.0 Å². The number of hydrogen-bond donors (Lipinski definition) is 1. The third kappa shape index (κ3) is 5.30. The number of nitrogens with one attached hydrogen (secondary N) is 1. The maximum absolute atomic E-state index is 12.2. The Kier molecular flexibility index (Phi) is 6.23. The van der Waals surface area contributed by atoms with Gasteiger partial charge in [-0.25, -0.2) is 9.97 Å². The number of rotatable bonds is 7. The van der Waals surface area contributed by atoms with Crippen LogP contribution in [0.25, 0.3) is 0 Å². The third-order valence-corrected chi connectivity index (χ3v) is 3.60. The Balaban J connectivity index is 2.05. The maximum atomic E-state index is 12.2. The average molecular weight is 327 g/mol. The first-order chi connectivity index (χ1) is 11.5. The van der Waals surface area contributed by atoms with E-state index < -0.39 is 0 Å². The van der Waals surface area contributed by atoms with Crippen molar-refractivity contribution in [1.82, 2.24) is 20.3 Å². The average Bonchev–Trinajstić information content (AvgIpc) is 2.57. The van der Waals surface area contributed by atoms with Crippen LogP contribution in [0.1, 0.15) is 35.7 Å². The van der Waals surface area contributed by atoms with Gasteiger partial charge in [-0.05, 0) is 37.0 Å². The minimum absolute atomic E-state index is 0.155. The molecule has 6 heteroatoms. The van der Waals surface area contributed by atoms with Crippen molar-refractivity contribution in [2.45, 2.75) is 27.2 Å². The first-order valence-electron chi connectivity index (χ1n) is 8.19. The molecule has 6 nitrogen and oxygen atoms in total. The molecule has 2 heterocycles. The Hall–Kier alpha value is -2.50. The van der Waals surface area contributed by atoms with Crippen LogP contribution < -0.4 is 10.2 Å². The van der Waals surface area contributed by atoms with Gasteiger partial charge in [0.15, 0.2) is 0 Å². The fraction of sp³-hybridized carbons (Fsp3) is 0.444. The quantitative estimate of drug-likeness (QED) is 0.844. The highest BCUT2D eigenvalue weighted by Gasteiger charge is 2.13. The summed E-state index contributed by atoms with van der Waals surface area (Å²) in [6.45, 7) is 7.36. The van der Waals surface area contributed by atoms with Gasteiger partial charge in [0.2, 0.25) is 0 Å². The molecule has 0 bridgehead atoms. The Bertz CT molecular complexity index is 672. The molecule has 0 spiro atoms. The molecule has 2 rings (SSSR count). The fourth-order valence-electron chi connectivity index (χ4n) is 2.21. The first kappa shape index (κ1) is 17.8. The highest BCUT2D eigenvalue weighted by atomic mass is 16.1. The Morgan fingerprint density at radius 3 is 2.62 bits per heavy atom. The van der Waals surface area contributed by atoms with E-state index in [1.165, 1.54) is 5.56 Å². The van der Waals surface area contributed by atoms with E-state index in [1.807, 2.05) is 24.1 Å². The van der Waals surface area contributed by atoms with E-state index in [-0.39, 0.29) is 5.91 Å². The monoisotopic (exact) mass is 327 g/mol. The summed E-state index contributed by atoms with van der Waals surface area (Å²) in [6, 6.07) is 5.75. The second-order valence-electron chi connectivity index (χ2n) is 6.29. The summed E-state index contributed by atoms with van der Waals surface area (Å²) in [6.07, 6.45) is 4.47. The van der Waals surface area contributed by atoms with Crippen molar-refractivity contribution >= 4 is 11.7 Å². The highest BCUT2D eigenvalue weighted by molar-refractivity contribution is 5.92. The van der Waals surface area contributed by atoms with E-state index in [4.69, 9.17) is 0 Å². The molecular formula is C18H25N5O. The Morgan fingerprint density at radius 1 is 1.25 bits per heavy atom. The highest BCUT2D eigenvalue weighted by Crippen LogP contribution is 2.12. The number of anilines is 1. The largest absolute Gasteiger partial charge is 0.359 e. The van der Waals surface area contributed by atoms with Crippen molar-refractivity contribution in [2.24, 2.45) is 5.92 Å². The number of carbonyl (C=O) groups excluding carboxylic acids is 1. The van der Waals surface area contributed by atoms with Gasteiger partial charge in [-0.1, -0.05) is 13.8 Å². The molecule has 0 atom stereocenters. The molecule has 0 aliphatic heterocycles. The number of likely N-dealkylation sites (N-methyl/N-ethyl adjacent to an activating group) is 1. The fourth-order valence-corrected chi connectivity index (χ4v) is 2.21. The lowest BCUT2D eigenvalue weighted by atomic mass is 10.2. The Labute approximate surface area is 143 Å². The van der Waals surface area contributed by atoms with Gasteiger partial charge in [0.25, 0.3) is 5.91 Å². The lowest BCUT2D eigenvalue weighted by molar-refractivity contribution is 0.0943. The van der Waals surface area contributed by atoms with Gasteiger partial charge in [-0.15, -0.1) is 0 Å². The molecule has 2 aromatic rings. The van der Waals surface area contributed by atoms with E-state index in [2.05, 4.69) is 34.1 Å². The van der Waals surface area contributed by atoms with Crippen LogP contribution in [-0.2, 0) is 6.42 Å². The summed E-state index contributed by atoms with van der Waals surface area (Å²) >= 11 is 0. The molecule has 0 fully saturated rings. The van der Waals surface area contributed by atoms with Gasteiger partial charge in [0.05, 0.1) is 0 Å². The summed E-state index contributed by atoms with van der Waals surface area (Å²) in [4.78, 5) is 27.0. The molecule has 0 radical (unpaired) electrons. The van der Waals surface area contributed by atoms with Crippen LogP contribution in [-0.4, -0.2) is 41.0 Å². The van der Waals surface area contributed by atoms with Crippen LogP contribution in [0.2, 0.25) is 0 Å². The van der Waals surface area contributed by atoms with E-state index >= 15 is 0 Å². The minimum Gasteiger partial charge on any atom is -0.359 e. The number of amides is 1. The molecule has 24 heavy (non-hydrogen) atoms. The van der Waals surface area contributed by atoms with Gasteiger partial charge in [0.1, 0.15) is 17.3 Å². The van der Waals surface area contributed by atoms with Crippen molar-refractivity contribution in [3.63, 3.8) is 0 Å². The molecule has 1 amide bonds. The molecule has 128 valence electrons. The molecule has 1 N–H and O–H groups in total. The second kappa shape index (κ2) is 8.38. The first-order valence-corrected chi connectivity index (χ1v) is 8.19. The zero-order chi connectivity index (χ0) is 17.5. The summed E-state index contributed by atoms with van der Waals surface area (Å²) < 4.78 is 0. The maximum Gasteiger partial charge on any atom is 0.270 e. The van der Waals surface area contributed by atoms with E-state index in [1.54, 1.807) is 25.4 Å². The topological polar surface area (TPSA) is 71.0 Å². The Morgan fingerprint density at radius 2 is 1.96 bits per heavy atom. The van der Waals surface area contributed by atoms with Gasteiger partial charge < -0.3 is 10.2 Å². The number of aromatic nitrogens is 3. The number of nitrogens with zero attached hydrogens (tertiary/aromatic N) is 4. The summed E-state index contributed by atoms with van der Waals surface area (Å²) in [5, 5.41) is 2.89. The van der Waals surface area contributed by atoms with Crippen molar-refractivity contribution in [3.05, 3.63) is 47.7 Å². The normalized spacial score (nSPS) is 10.7. The summed E-state index contributed by atoms with van der Waals surface area (Å²) in [7, 11) is 1.97. The molecule has 0 aromatic carbocycles. The zero-order valence-corrected chi connectivity index (χ0v) is 14.8. The predicted octanol–water partition coefficient (Wildman–Crippen LogP) is 2.24. The number of aryl methyl sites for hydroxylation is 1. The van der Waals surface area contributed by atoms with Gasteiger partial charge in [0, 0.05) is 38.6 Å². The SMILES string of the molecule is Cc1nc(C(=O)NCC(C)C)cc(N(C)CCc2ccncc2)n1. The number of carbonyl (C=O) groups is 1. The lowest BCUT2D eigenvalue weighted by Gasteiger charge is -2.19. The molecule has 0 unspecified atom stereocenters. The van der Waals surface area contributed by atoms with Crippen molar-refractivity contribution in [1.29, 1.82) is 0 Å². The van der Waals surface area contributed by atoms with Crippen LogP contribution >= 0.6 is 0 Å². The predicted molar refractivity (Wildman–Crippen MR) is 95.2 cm³/mol. The third-order valence-electron chi connectivity index (χ3n) is 3.60.